The molecule has 160 valence electrons. The maximum atomic E-state index is 13.0. The van der Waals surface area contributed by atoms with E-state index < -0.39 is 24.2 Å². The molecule has 1 unspecified atom stereocenters. The van der Waals surface area contributed by atoms with Gasteiger partial charge in [0.15, 0.2) is 6.10 Å². The van der Waals surface area contributed by atoms with E-state index in [1.165, 1.54) is 0 Å². The number of carbonyl (C=O) groups excluding carboxylic acids is 3. The van der Waals surface area contributed by atoms with E-state index in [4.69, 9.17) is 9.47 Å². The molecule has 0 aliphatic rings. The zero-order valence-corrected chi connectivity index (χ0v) is 17.5. The van der Waals surface area contributed by atoms with Crippen LogP contribution in [0.2, 0.25) is 0 Å². The third-order valence-corrected chi connectivity index (χ3v) is 4.38. The van der Waals surface area contributed by atoms with Crippen molar-refractivity contribution in [2.24, 2.45) is 5.92 Å². The van der Waals surface area contributed by atoms with Gasteiger partial charge in [0, 0.05) is 6.42 Å². The van der Waals surface area contributed by atoms with Crippen molar-refractivity contribution in [3.05, 3.63) is 71.8 Å². The van der Waals surface area contributed by atoms with E-state index in [2.05, 4.69) is 5.32 Å². The average molecular weight is 411 g/mol. The van der Waals surface area contributed by atoms with Gasteiger partial charge in [-0.25, -0.2) is 9.59 Å². The molecule has 0 saturated carbocycles. The lowest BCUT2D eigenvalue weighted by Gasteiger charge is -2.23. The lowest BCUT2D eigenvalue weighted by Crippen LogP contribution is -2.43. The maximum absolute atomic E-state index is 13.0. The Morgan fingerprint density at radius 1 is 0.967 bits per heavy atom. The minimum atomic E-state index is -0.903. The van der Waals surface area contributed by atoms with Crippen LogP contribution in [0.3, 0.4) is 0 Å². The van der Waals surface area contributed by atoms with Crippen LogP contribution in [-0.2, 0) is 19.1 Å². The number of ether oxygens (including phenoxy) is 2. The summed E-state index contributed by atoms with van der Waals surface area (Å²) in [7, 11) is 0. The third-order valence-electron chi connectivity index (χ3n) is 4.38. The van der Waals surface area contributed by atoms with E-state index in [1.54, 1.807) is 0 Å². The van der Waals surface area contributed by atoms with Crippen molar-refractivity contribution in [1.82, 2.24) is 5.32 Å². The highest BCUT2D eigenvalue weighted by Crippen LogP contribution is 2.26. The van der Waals surface area contributed by atoms with E-state index >= 15 is 0 Å². The summed E-state index contributed by atoms with van der Waals surface area (Å²) >= 11 is 0. The van der Waals surface area contributed by atoms with E-state index in [-0.39, 0.29) is 18.9 Å². The molecule has 0 spiro atoms. The molecule has 30 heavy (non-hydrogen) atoms. The Labute approximate surface area is 177 Å². The van der Waals surface area contributed by atoms with Gasteiger partial charge in [-0.2, -0.15) is 0 Å². The molecule has 1 N–H and O–H groups in total. The quantitative estimate of drug-likeness (QED) is 0.336. The highest BCUT2D eigenvalue weighted by Gasteiger charge is 2.27. The Bertz CT molecular complexity index is 752. The first-order chi connectivity index (χ1) is 14.5. The van der Waals surface area contributed by atoms with Gasteiger partial charge >= 0.3 is 12.1 Å². The van der Waals surface area contributed by atoms with Crippen LogP contribution in [0.5, 0.6) is 0 Å². The lowest BCUT2D eigenvalue weighted by atomic mass is 10.0. The molecule has 0 aliphatic carbocycles. The van der Waals surface area contributed by atoms with E-state index in [1.807, 2.05) is 74.5 Å². The van der Waals surface area contributed by atoms with Crippen molar-refractivity contribution in [1.29, 1.82) is 0 Å². The molecule has 0 heterocycles. The molecule has 6 heteroatoms. The molecule has 0 aliphatic heterocycles. The number of alkyl carbamates (subject to hydrolysis) is 1. The topological polar surface area (TPSA) is 81.7 Å². The van der Waals surface area contributed by atoms with Crippen molar-refractivity contribution < 1.29 is 23.9 Å². The number of esters is 1. The fraction of sp³-hybridized carbons (Fsp3) is 0.375. The summed E-state index contributed by atoms with van der Waals surface area (Å²) < 4.78 is 11.0. The Hall–Kier alpha value is -3.15. The lowest BCUT2D eigenvalue weighted by molar-refractivity contribution is -0.150. The molecule has 1 atom stereocenters. The molecule has 0 fully saturated rings. The van der Waals surface area contributed by atoms with Gasteiger partial charge in [0.2, 0.25) is 0 Å². The Morgan fingerprint density at radius 2 is 1.53 bits per heavy atom. The molecule has 0 radical (unpaired) electrons. The number of nitrogens with one attached hydrogen (secondary N) is 1. The summed E-state index contributed by atoms with van der Waals surface area (Å²) in [5.41, 5.74) is 1.65. The highest BCUT2D eigenvalue weighted by atomic mass is 16.6. The Kier molecular flexibility index (Phi) is 9.58. The van der Waals surface area contributed by atoms with Crippen molar-refractivity contribution in [2.45, 2.75) is 45.3 Å². The van der Waals surface area contributed by atoms with Gasteiger partial charge in [0.25, 0.3) is 0 Å². The van der Waals surface area contributed by atoms with Crippen molar-refractivity contribution in [2.75, 3.05) is 6.61 Å². The van der Waals surface area contributed by atoms with Crippen LogP contribution in [-0.4, -0.2) is 31.0 Å². The zero-order chi connectivity index (χ0) is 21.8. The molecule has 0 aromatic heterocycles. The van der Waals surface area contributed by atoms with Crippen molar-refractivity contribution >= 4 is 18.3 Å². The number of hydrogen-bond acceptors (Lipinski definition) is 5. The summed E-state index contributed by atoms with van der Waals surface area (Å²) in [4.78, 5) is 35.8. The zero-order valence-electron chi connectivity index (χ0n) is 17.5. The first-order valence-electron chi connectivity index (χ1n) is 10.2. The molecular weight excluding hydrogens is 382 g/mol. The number of rotatable bonds is 11. The summed E-state index contributed by atoms with van der Waals surface area (Å²) in [6, 6.07) is 17.9. The largest absolute Gasteiger partial charge is 0.451 e. The normalized spacial score (nSPS) is 11.7. The van der Waals surface area contributed by atoms with Crippen molar-refractivity contribution in [3.8, 4) is 0 Å². The average Bonchev–Trinajstić information content (AvgIpc) is 2.76. The number of carbonyl (C=O) groups is 3. The van der Waals surface area contributed by atoms with Gasteiger partial charge in [0.05, 0.1) is 6.61 Å². The second kappa shape index (κ2) is 12.4. The minimum Gasteiger partial charge on any atom is -0.451 e. The van der Waals surface area contributed by atoms with Crippen LogP contribution in [0.15, 0.2) is 60.7 Å². The predicted molar refractivity (Wildman–Crippen MR) is 114 cm³/mol. The molecule has 2 aromatic rings. The Morgan fingerprint density at radius 3 is 2.03 bits per heavy atom. The molecular formula is C24H29NO5. The number of benzene rings is 2. The van der Waals surface area contributed by atoms with Gasteiger partial charge < -0.3 is 19.6 Å². The summed E-state index contributed by atoms with van der Waals surface area (Å²) in [6.07, 6.45) is 0.540. The van der Waals surface area contributed by atoms with Crippen LogP contribution >= 0.6 is 0 Å². The van der Waals surface area contributed by atoms with E-state index in [0.29, 0.717) is 12.8 Å². The van der Waals surface area contributed by atoms with Crippen LogP contribution < -0.4 is 5.32 Å². The maximum Gasteiger partial charge on any atom is 0.407 e. The van der Waals surface area contributed by atoms with Crippen LogP contribution in [0.4, 0.5) is 4.79 Å². The van der Waals surface area contributed by atoms with E-state index in [9.17, 15) is 14.4 Å². The second-order valence-corrected chi connectivity index (χ2v) is 7.43. The van der Waals surface area contributed by atoms with Crippen LogP contribution in [0.1, 0.15) is 50.3 Å². The molecule has 1 amide bonds. The minimum absolute atomic E-state index is 0.178. The molecule has 2 rings (SSSR count). The number of aldehydes is 1. The first kappa shape index (κ1) is 23.1. The smallest absolute Gasteiger partial charge is 0.407 e. The number of hydrogen-bond donors (Lipinski definition) is 1. The van der Waals surface area contributed by atoms with Crippen molar-refractivity contribution in [3.63, 3.8) is 0 Å². The fourth-order valence-electron chi connectivity index (χ4n) is 2.86. The van der Waals surface area contributed by atoms with Gasteiger partial charge in [-0.3, -0.25) is 0 Å². The number of unbranched alkanes of at least 4 members (excludes halogenated alkanes) is 1. The van der Waals surface area contributed by atoms with Gasteiger partial charge in [-0.1, -0.05) is 74.5 Å². The standard InChI is InChI=1S/C24H29NO5/c1-18(2)17-29-24(28)25-21(15-9-10-16-26)23(27)30-22(19-11-5-3-6-12-19)20-13-7-4-8-14-20/h3-8,11-14,16,18,21-22H,9-10,15,17H2,1-2H3,(H,25,28). The van der Waals surface area contributed by atoms with Gasteiger partial charge in [0.1, 0.15) is 12.3 Å². The summed E-state index contributed by atoms with van der Waals surface area (Å²) in [5, 5.41) is 2.59. The molecule has 0 saturated heterocycles. The molecule has 2 aromatic carbocycles. The third kappa shape index (κ3) is 7.70. The summed E-state index contributed by atoms with van der Waals surface area (Å²) in [5.74, 6) is -0.392. The van der Waals surface area contributed by atoms with Crippen LogP contribution in [0, 0.1) is 5.92 Å². The van der Waals surface area contributed by atoms with E-state index in [0.717, 1.165) is 17.4 Å². The highest BCUT2D eigenvalue weighted by molar-refractivity contribution is 5.81. The molecule has 0 bridgehead atoms. The SMILES string of the molecule is CC(C)COC(=O)NC(CCCC=O)C(=O)OC(c1ccccc1)c1ccccc1. The summed E-state index contributed by atoms with van der Waals surface area (Å²) in [6.45, 7) is 4.10. The first-order valence-corrected chi connectivity index (χ1v) is 10.2. The Balaban J connectivity index is 2.16. The van der Waals surface area contributed by atoms with Crippen LogP contribution in [0.25, 0.3) is 0 Å². The predicted octanol–water partition coefficient (Wildman–Crippen LogP) is 4.44. The van der Waals surface area contributed by atoms with Gasteiger partial charge in [-0.05, 0) is 29.9 Å². The monoisotopic (exact) mass is 411 g/mol. The second-order valence-electron chi connectivity index (χ2n) is 7.43. The molecule has 6 nitrogen and oxygen atoms in total. The fourth-order valence-corrected chi connectivity index (χ4v) is 2.86. The number of amides is 1. The van der Waals surface area contributed by atoms with Gasteiger partial charge in [-0.15, -0.1) is 0 Å².